The molecule has 0 saturated carbocycles. The zero-order valence-corrected chi connectivity index (χ0v) is 11.2. The summed E-state index contributed by atoms with van der Waals surface area (Å²) in [6, 6.07) is 14.7. The lowest BCUT2D eigenvalue weighted by atomic mass is 9.97. The van der Waals surface area contributed by atoms with Gasteiger partial charge in [-0.05, 0) is 46.5 Å². The van der Waals surface area contributed by atoms with Gasteiger partial charge < -0.3 is 10.2 Å². The minimum absolute atomic E-state index is 0.293. The third kappa shape index (κ3) is 2.47. The van der Waals surface area contributed by atoms with E-state index in [0.717, 1.165) is 22.6 Å². The number of phenols is 2. The maximum Gasteiger partial charge on any atom is 0.115 e. The van der Waals surface area contributed by atoms with Gasteiger partial charge in [-0.3, -0.25) is 0 Å². The third-order valence-corrected chi connectivity index (χ3v) is 4.27. The Bertz CT molecular complexity index is 557. The molecule has 1 heterocycles. The van der Waals surface area contributed by atoms with Gasteiger partial charge in [0.15, 0.2) is 0 Å². The standard InChI is InChI=1S/C16H14O2S/c17-13-5-1-11(2-6-13)15-9-19-10-16(15)12-3-7-14(18)8-4-12/h1-8,17-18H,9-10H2. The van der Waals surface area contributed by atoms with Crippen molar-refractivity contribution in [1.82, 2.24) is 0 Å². The Morgan fingerprint density at radius 3 is 1.37 bits per heavy atom. The van der Waals surface area contributed by atoms with Gasteiger partial charge in [0.1, 0.15) is 11.5 Å². The predicted molar refractivity (Wildman–Crippen MR) is 80.4 cm³/mol. The number of thioether (sulfide) groups is 1. The maximum absolute atomic E-state index is 9.36. The van der Waals surface area contributed by atoms with Crippen LogP contribution in [0, 0.1) is 0 Å². The molecule has 2 aromatic rings. The summed E-state index contributed by atoms with van der Waals surface area (Å²) in [5.74, 6) is 2.56. The Morgan fingerprint density at radius 2 is 1.00 bits per heavy atom. The van der Waals surface area contributed by atoms with Crippen molar-refractivity contribution in [3.8, 4) is 11.5 Å². The van der Waals surface area contributed by atoms with Gasteiger partial charge in [-0.1, -0.05) is 24.3 Å². The van der Waals surface area contributed by atoms with Crippen molar-refractivity contribution < 1.29 is 10.2 Å². The first kappa shape index (κ1) is 12.2. The molecule has 96 valence electrons. The van der Waals surface area contributed by atoms with E-state index in [2.05, 4.69) is 0 Å². The SMILES string of the molecule is Oc1ccc(C2=C(c3ccc(O)cc3)CSC2)cc1. The highest BCUT2D eigenvalue weighted by Gasteiger charge is 2.17. The topological polar surface area (TPSA) is 40.5 Å². The molecule has 3 heteroatoms. The molecule has 0 saturated heterocycles. The van der Waals surface area contributed by atoms with Gasteiger partial charge in [-0.15, -0.1) is 0 Å². The molecule has 0 aliphatic carbocycles. The van der Waals surface area contributed by atoms with E-state index < -0.39 is 0 Å². The van der Waals surface area contributed by atoms with Crippen molar-refractivity contribution >= 4 is 22.9 Å². The minimum atomic E-state index is 0.293. The predicted octanol–water partition coefficient (Wildman–Crippen LogP) is 3.76. The zero-order valence-electron chi connectivity index (χ0n) is 10.3. The summed E-state index contributed by atoms with van der Waals surface area (Å²) in [5.41, 5.74) is 4.95. The molecule has 3 rings (SSSR count). The Morgan fingerprint density at radius 1 is 0.632 bits per heavy atom. The van der Waals surface area contributed by atoms with E-state index in [0.29, 0.717) is 11.5 Å². The van der Waals surface area contributed by atoms with Crippen LogP contribution >= 0.6 is 11.8 Å². The molecule has 2 N–H and O–H groups in total. The van der Waals surface area contributed by atoms with E-state index in [1.165, 1.54) is 11.1 Å². The van der Waals surface area contributed by atoms with E-state index in [9.17, 15) is 10.2 Å². The normalized spacial score (nSPS) is 14.9. The minimum Gasteiger partial charge on any atom is -0.508 e. The highest BCUT2D eigenvalue weighted by Crippen LogP contribution is 2.38. The number of benzene rings is 2. The largest absolute Gasteiger partial charge is 0.508 e. The van der Waals surface area contributed by atoms with E-state index in [1.54, 1.807) is 24.3 Å². The molecule has 0 spiro atoms. The van der Waals surface area contributed by atoms with Crippen LogP contribution in [-0.2, 0) is 0 Å². The monoisotopic (exact) mass is 270 g/mol. The molecular weight excluding hydrogens is 256 g/mol. The summed E-state index contributed by atoms with van der Waals surface area (Å²) in [6.45, 7) is 0. The van der Waals surface area contributed by atoms with Crippen LogP contribution in [0.3, 0.4) is 0 Å². The van der Waals surface area contributed by atoms with Crippen LogP contribution in [0.2, 0.25) is 0 Å². The highest BCUT2D eigenvalue weighted by molar-refractivity contribution is 8.00. The lowest BCUT2D eigenvalue weighted by Crippen LogP contribution is -1.89. The second kappa shape index (κ2) is 5.02. The fourth-order valence-electron chi connectivity index (χ4n) is 2.27. The average molecular weight is 270 g/mol. The summed E-state index contributed by atoms with van der Waals surface area (Å²) in [5, 5.41) is 18.7. The molecule has 2 aromatic carbocycles. The van der Waals surface area contributed by atoms with Gasteiger partial charge >= 0.3 is 0 Å². The van der Waals surface area contributed by atoms with Gasteiger partial charge in [0.05, 0.1) is 0 Å². The summed E-state index contributed by atoms with van der Waals surface area (Å²) in [4.78, 5) is 0. The number of aromatic hydroxyl groups is 2. The van der Waals surface area contributed by atoms with Gasteiger partial charge in [0, 0.05) is 11.5 Å². The van der Waals surface area contributed by atoms with Crippen molar-refractivity contribution in [2.75, 3.05) is 11.5 Å². The van der Waals surface area contributed by atoms with Gasteiger partial charge in [-0.25, -0.2) is 0 Å². The second-order valence-corrected chi connectivity index (χ2v) is 5.53. The van der Waals surface area contributed by atoms with Crippen molar-refractivity contribution in [3.05, 3.63) is 59.7 Å². The molecule has 0 bridgehead atoms. The lowest BCUT2D eigenvalue weighted by Gasteiger charge is -2.08. The number of hydrogen-bond donors (Lipinski definition) is 2. The Kier molecular flexibility index (Phi) is 3.22. The number of hydrogen-bond acceptors (Lipinski definition) is 3. The van der Waals surface area contributed by atoms with Crippen molar-refractivity contribution in [1.29, 1.82) is 0 Å². The molecule has 1 aliphatic rings. The first-order chi connectivity index (χ1) is 9.24. The van der Waals surface area contributed by atoms with Crippen molar-refractivity contribution in [2.45, 2.75) is 0 Å². The molecule has 19 heavy (non-hydrogen) atoms. The highest BCUT2D eigenvalue weighted by atomic mass is 32.2. The first-order valence-electron chi connectivity index (χ1n) is 6.12. The van der Waals surface area contributed by atoms with Gasteiger partial charge in [0.2, 0.25) is 0 Å². The van der Waals surface area contributed by atoms with Crippen LogP contribution in [0.1, 0.15) is 11.1 Å². The fraction of sp³-hybridized carbons (Fsp3) is 0.125. The smallest absolute Gasteiger partial charge is 0.115 e. The van der Waals surface area contributed by atoms with Gasteiger partial charge in [0.25, 0.3) is 0 Å². The van der Waals surface area contributed by atoms with E-state index in [1.807, 2.05) is 36.0 Å². The zero-order chi connectivity index (χ0) is 13.2. The van der Waals surface area contributed by atoms with Crippen LogP contribution in [-0.4, -0.2) is 21.7 Å². The van der Waals surface area contributed by atoms with Crippen molar-refractivity contribution in [3.63, 3.8) is 0 Å². The van der Waals surface area contributed by atoms with Crippen LogP contribution in [0.15, 0.2) is 48.5 Å². The number of rotatable bonds is 2. The summed E-state index contributed by atoms with van der Waals surface area (Å²) in [6.07, 6.45) is 0. The van der Waals surface area contributed by atoms with Crippen LogP contribution in [0.5, 0.6) is 11.5 Å². The molecule has 0 amide bonds. The van der Waals surface area contributed by atoms with E-state index in [4.69, 9.17) is 0 Å². The number of phenolic OH excluding ortho intramolecular Hbond substituents is 2. The Hall–Kier alpha value is -1.87. The lowest BCUT2D eigenvalue weighted by molar-refractivity contribution is 0.474. The van der Waals surface area contributed by atoms with E-state index >= 15 is 0 Å². The Balaban J connectivity index is 2.04. The van der Waals surface area contributed by atoms with Crippen molar-refractivity contribution in [2.24, 2.45) is 0 Å². The van der Waals surface area contributed by atoms with Crippen LogP contribution in [0.4, 0.5) is 0 Å². The summed E-state index contributed by atoms with van der Waals surface area (Å²) < 4.78 is 0. The van der Waals surface area contributed by atoms with Crippen LogP contribution < -0.4 is 0 Å². The molecule has 0 aromatic heterocycles. The fourth-order valence-corrected chi connectivity index (χ4v) is 3.46. The van der Waals surface area contributed by atoms with E-state index in [-0.39, 0.29) is 0 Å². The molecule has 0 unspecified atom stereocenters. The molecule has 0 fully saturated rings. The third-order valence-electron chi connectivity index (χ3n) is 3.29. The second-order valence-electron chi connectivity index (χ2n) is 4.54. The van der Waals surface area contributed by atoms with Crippen LogP contribution in [0.25, 0.3) is 11.1 Å². The molecular formula is C16H14O2S. The molecule has 0 atom stereocenters. The Labute approximate surface area is 116 Å². The molecule has 1 aliphatic heterocycles. The molecule has 2 nitrogen and oxygen atoms in total. The van der Waals surface area contributed by atoms with Gasteiger partial charge in [-0.2, -0.15) is 11.8 Å². The summed E-state index contributed by atoms with van der Waals surface area (Å²) >= 11 is 1.89. The maximum atomic E-state index is 9.36. The quantitative estimate of drug-likeness (QED) is 0.873. The average Bonchev–Trinajstić information content (AvgIpc) is 2.90. The summed E-state index contributed by atoms with van der Waals surface area (Å²) in [7, 11) is 0. The first-order valence-corrected chi connectivity index (χ1v) is 7.28. The molecule has 0 radical (unpaired) electrons.